The van der Waals surface area contributed by atoms with Crippen molar-refractivity contribution in [2.24, 2.45) is 0 Å². The summed E-state index contributed by atoms with van der Waals surface area (Å²) in [6, 6.07) is 7.37. The van der Waals surface area contributed by atoms with Gasteiger partial charge < -0.3 is 9.42 Å². The normalized spacial score (nSPS) is 10.7. The fraction of sp³-hybridized carbons (Fsp3) is 0.188. The minimum Gasteiger partial charge on any atom is -0.362 e. The van der Waals surface area contributed by atoms with Crippen LogP contribution in [0.1, 0.15) is 12.8 Å². The molecule has 7 heteroatoms. The van der Waals surface area contributed by atoms with E-state index < -0.39 is 11.6 Å². The Morgan fingerprint density at radius 2 is 2.04 bits per heavy atom. The first-order valence-corrected chi connectivity index (χ1v) is 7.10. The van der Waals surface area contributed by atoms with E-state index in [0.717, 1.165) is 17.7 Å². The molecule has 5 nitrogen and oxygen atoms in total. The molecule has 0 spiro atoms. The molecule has 0 amide bonds. The standard InChI is InChI=1S/C16H14F2N4O/c1-2-22(12-5-6-13(17)14(18)8-12)10-15-20-16(21-23-15)11-4-3-7-19-9-11/h3-9H,2,10H2,1H3. The van der Waals surface area contributed by atoms with Crippen LogP contribution in [0.2, 0.25) is 0 Å². The molecular weight excluding hydrogens is 302 g/mol. The van der Waals surface area contributed by atoms with Crippen molar-refractivity contribution < 1.29 is 13.3 Å². The summed E-state index contributed by atoms with van der Waals surface area (Å²) in [5.41, 5.74) is 1.30. The van der Waals surface area contributed by atoms with Gasteiger partial charge >= 0.3 is 0 Å². The van der Waals surface area contributed by atoms with E-state index in [-0.39, 0.29) is 0 Å². The number of pyridine rings is 1. The predicted octanol–water partition coefficient (Wildman–Crippen LogP) is 3.44. The number of rotatable bonds is 5. The van der Waals surface area contributed by atoms with Crippen molar-refractivity contribution >= 4 is 5.69 Å². The number of hydrogen-bond acceptors (Lipinski definition) is 5. The first-order chi connectivity index (χ1) is 11.2. The first-order valence-electron chi connectivity index (χ1n) is 7.10. The van der Waals surface area contributed by atoms with Crippen molar-refractivity contribution in [3.8, 4) is 11.4 Å². The second-order valence-corrected chi connectivity index (χ2v) is 4.87. The number of hydrogen-bond donors (Lipinski definition) is 0. The second-order valence-electron chi connectivity index (χ2n) is 4.87. The van der Waals surface area contributed by atoms with E-state index in [1.165, 1.54) is 6.07 Å². The fourth-order valence-corrected chi connectivity index (χ4v) is 2.16. The molecule has 2 aromatic heterocycles. The SMILES string of the molecule is CCN(Cc1nc(-c2cccnc2)no1)c1ccc(F)c(F)c1. The molecule has 3 rings (SSSR count). The van der Waals surface area contributed by atoms with Crippen molar-refractivity contribution in [1.29, 1.82) is 0 Å². The Kier molecular flexibility index (Phi) is 4.27. The summed E-state index contributed by atoms with van der Waals surface area (Å²) >= 11 is 0. The Labute approximate surface area is 131 Å². The van der Waals surface area contributed by atoms with Gasteiger partial charge in [0.05, 0.1) is 6.54 Å². The van der Waals surface area contributed by atoms with Crippen LogP contribution < -0.4 is 4.90 Å². The highest BCUT2D eigenvalue weighted by Crippen LogP contribution is 2.21. The summed E-state index contributed by atoms with van der Waals surface area (Å²) in [6.45, 7) is 2.78. The van der Waals surface area contributed by atoms with Gasteiger partial charge in [-0.2, -0.15) is 4.98 Å². The van der Waals surface area contributed by atoms with Gasteiger partial charge in [0.1, 0.15) is 0 Å². The zero-order valence-electron chi connectivity index (χ0n) is 12.4. The van der Waals surface area contributed by atoms with Gasteiger partial charge in [-0.1, -0.05) is 5.16 Å². The molecule has 0 aliphatic heterocycles. The van der Waals surface area contributed by atoms with Crippen LogP contribution in [-0.2, 0) is 6.54 Å². The number of nitrogens with zero attached hydrogens (tertiary/aromatic N) is 4. The van der Waals surface area contributed by atoms with Crippen molar-refractivity contribution in [3.05, 3.63) is 60.3 Å². The minimum atomic E-state index is -0.887. The lowest BCUT2D eigenvalue weighted by Gasteiger charge is -2.21. The molecule has 0 fully saturated rings. The van der Waals surface area contributed by atoms with Gasteiger partial charge in [-0.25, -0.2) is 8.78 Å². The van der Waals surface area contributed by atoms with E-state index in [1.54, 1.807) is 18.5 Å². The largest absolute Gasteiger partial charge is 0.362 e. The lowest BCUT2D eigenvalue weighted by Crippen LogP contribution is -2.22. The summed E-state index contributed by atoms with van der Waals surface area (Å²) in [7, 11) is 0. The third-order valence-corrected chi connectivity index (χ3v) is 3.36. The zero-order valence-corrected chi connectivity index (χ0v) is 12.4. The van der Waals surface area contributed by atoms with Gasteiger partial charge in [0.25, 0.3) is 0 Å². The lowest BCUT2D eigenvalue weighted by molar-refractivity contribution is 0.377. The molecule has 0 atom stereocenters. The van der Waals surface area contributed by atoms with Gasteiger partial charge in [-0.15, -0.1) is 0 Å². The van der Waals surface area contributed by atoms with Gasteiger partial charge in [0.15, 0.2) is 11.6 Å². The van der Waals surface area contributed by atoms with Crippen molar-refractivity contribution in [2.75, 3.05) is 11.4 Å². The summed E-state index contributed by atoms with van der Waals surface area (Å²) < 4.78 is 31.7. The van der Waals surface area contributed by atoms with Crippen LogP contribution in [0.5, 0.6) is 0 Å². The van der Waals surface area contributed by atoms with Gasteiger partial charge in [-0.05, 0) is 31.2 Å². The molecule has 1 aromatic carbocycles. The maximum absolute atomic E-state index is 13.4. The van der Waals surface area contributed by atoms with Gasteiger partial charge in [0, 0.05) is 36.3 Å². The summed E-state index contributed by atoms with van der Waals surface area (Å²) in [4.78, 5) is 10.1. The van der Waals surface area contributed by atoms with Crippen LogP contribution >= 0.6 is 0 Å². The lowest BCUT2D eigenvalue weighted by atomic mass is 10.2. The fourth-order valence-electron chi connectivity index (χ4n) is 2.16. The van der Waals surface area contributed by atoms with Crippen LogP contribution in [0.4, 0.5) is 14.5 Å². The Balaban J connectivity index is 1.79. The second kappa shape index (κ2) is 6.51. The van der Waals surface area contributed by atoms with E-state index in [9.17, 15) is 8.78 Å². The highest BCUT2D eigenvalue weighted by atomic mass is 19.2. The smallest absolute Gasteiger partial charge is 0.246 e. The molecule has 0 bridgehead atoms. The van der Waals surface area contributed by atoms with E-state index in [1.807, 2.05) is 17.9 Å². The van der Waals surface area contributed by atoms with Crippen molar-refractivity contribution in [1.82, 2.24) is 15.1 Å². The number of halogens is 2. The third kappa shape index (κ3) is 3.33. The molecule has 0 aliphatic rings. The molecule has 118 valence electrons. The van der Waals surface area contributed by atoms with E-state index in [2.05, 4.69) is 15.1 Å². The topological polar surface area (TPSA) is 55.1 Å². The molecule has 0 saturated heterocycles. The molecule has 0 radical (unpaired) electrons. The van der Waals surface area contributed by atoms with Crippen LogP contribution in [0.15, 0.2) is 47.2 Å². The Morgan fingerprint density at radius 1 is 1.17 bits per heavy atom. The molecule has 0 aliphatic carbocycles. The monoisotopic (exact) mass is 316 g/mol. The van der Waals surface area contributed by atoms with E-state index in [4.69, 9.17) is 4.52 Å². The van der Waals surface area contributed by atoms with Gasteiger partial charge in [-0.3, -0.25) is 4.98 Å². The highest BCUT2D eigenvalue weighted by Gasteiger charge is 2.14. The molecule has 3 aromatic rings. The van der Waals surface area contributed by atoms with Crippen LogP contribution in [0, 0.1) is 11.6 Å². The Morgan fingerprint density at radius 3 is 2.74 bits per heavy atom. The zero-order chi connectivity index (χ0) is 16.2. The van der Waals surface area contributed by atoms with E-state index in [0.29, 0.717) is 30.5 Å². The summed E-state index contributed by atoms with van der Waals surface area (Å²) in [6.07, 6.45) is 3.30. The number of aromatic nitrogens is 3. The predicted molar refractivity (Wildman–Crippen MR) is 80.6 cm³/mol. The number of anilines is 1. The average Bonchev–Trinajstić information content (AvgIpc) is 3.05. The summed E-state index contributed by atoms with van der Waals surface area (Å²) in [5, 5.41) is 3.91. The minimum absolute atomic E-state index is 0.300. The molecule has 23 heavy (non-hydrogen) atoms. The molecule has 0 saturated carbocycles. The first kappa shape index (κ1) is 15.1. The van der Waals surface area contributed by atoms with Crippen LogP contribution in [-0.4, -0.2) is 21.7 Å². The van der Waals surface area contributed by atoms with Crippen LogP contribution in [0.3, 0.4) is 0 Å². The quantitative estimate of drug-likeness (QED) is 0.722. The highest BCUT2D eigenvalue weighted by molar-refractivity contribution is 5.52. The molecular formula is C16H14F2N4O. The maximum Gasteiger partial charge on any atom is 0.246 e. The van der Waals surface area contributed by atoms with Gasteiger partial charge in [0.2, 0.25) is 11.7 Å². The Hall–Kier alpha value is -2.83. The summed E-state index contributed by atoms with van der Waals surface area (Å²) in [5.74, 6) is -0.936. The average molecular weight is 316 g/mol. The molecule has 2 heterocycles. The van der Waals surface area contributed by atoms with Crippen LogP contribution in [0.25, 0.3) is 11.4 Å². The Bertz CT molecular complexity index is 792. The molecule has 0 unspecified atom stereocenters. The third-order valence-electron chi connectivity index (χ3n) is 3.36. The van der Waals surface area contributed by atoms with Crippen molar-refractivity contribution in [2.45, 2.75) is 13.5 Å². The van der Waals surface area contributed by atoms with E-state index >= 15 is 0 Å². The molecule has 0 N–H and O–H groups in total. The van der Waals surface area contributed by atoms with Crippen molar-refractivity contribution in [3.63, 3.8) is 0 Å². The number of benzene rings is 1. The maximum atomic E-state index is 13.4.